The van der Waals surface area contributed by atoms with Crippen LogP contribution in [0, 0.1) is 11.8 Å². The van der Waals surface area contributed by atoms with E-state index in [4.69, 9.17) is 14.5 Å². The number of aliphatic imine (C=N–C) groups is 1. The second-order valence-corrected chi connectivity index (χ2v) is 7.14. The predicted octanol–water partition coefficient (Wildman–Crippen LogP) is 3.78. The van der Waals surface area contributed by atoms with Gasteiger partial charge >= 0.3 is 0 Å². The normalized spacial score (nSPS) is 33.7. The molecule has 114 valence electrons. The van der Waals surface area contributed by atoms with E-state index in [1.165, 1.54) is 5.56 Å². The Bertz CT molecular complexity index is 550. The van der Waals surface area contributed by atoms with Crippen molar-refractivity contribution in [3.05, 3.63) is 35.9 Å². The summed E-state index contributed by atoms with van der Waals surface area (Å²) in [7, 11) is 0. The first kappa shape index (κ1) is 14.6. The summed E-state index contributed by atoms with van der Waals surface area (Å²) in [5.41, 5.74) is 0.833. The van der Waals surface area contributed by atoms with Crippen LogP contribution in [0.25, 0.3) is 0 Å². The zero-order valence-corrected chi connectivity index (χ0v) is 13.6. The van der Waals surface area contributed by atoms with E-state index >= 15 is 0 Å². The first-order chi connectivity index (χ1) is 9.87. The molecule has 3 nitrogen and oxygen atoms in total. The van der Waals surface area contributed by atoms with E-state index in [1.807, 2.05) is 6.07 Å². The molecule has 1 aromatic carbocycles. The lowest BCUT2D eigenvalue weighted by Gasteiger charge is -2.22. The van der Waals surface area contributed by atoms with Gasteiger partial charge in [0.1, 0.15) is 12.2 Å². The minimum absolute atomic E-state index is 0.113. The Balaban J connectivity index is 1.96. The molecular weight excluding hydrogens is 262 g/mol. The second kappa shape index (κ2) is 4.84. The van der Waals surface area contributed by atoms with Crippen LogP contribution in [0.5, 0.6) is 0 Å². The highest BCUT2D eigenvalue weighted by molar-refractivity contribution is 5.86. The quantitative estimate of drug-likeness (QED) is 0.843. The lowest BCUT2D eigenvalue weighted by molar-refractivity contribution is -0.0292. The van der Waals surface area contributed by atoms with Crippen molar-refractivity contribution in [1.29, 1.82) is 0 Å². The third-order valence-corrected chi connectivity index (χ3v) is 4.44. The number of benzene rings is 1. The smallest absolute Gasteiger partial charge is 0.190 e. The van der Waals surface area contributed by atoms with Gasteiger partial charge in [0.05, 0.1) is 17.6 Å². The van der Waals surface area contributed by atoms with E-state index in [2.05, 4.69) is 58.9 Å². The molecule has 0 amide bonds. The highest BCUT2D eigenvalue weighted by Crippen LogP contribution is 2.62. The summed E-state index contributed by atoms with van der Waals surface area (Å²) < 4.78 is 12.3. The second-order valence-electron chi connectivity index (χ2n) is 7.14. The average Bonchev–Trinajstić information content (AvgIpc) is 2.82. The zero-order valence-electron chi connectivity index (χ0n) is 13.6. The van der Waals surface area contributed by atoms with Crippen LogP contribution in [0.3, 0.4) is 0 Å². The van der Waals surface area contributed by atoms with E-state index in [0.29, 0.717) is 12.5 Å². The standard InChI is InChI=1S/C18H25NO2/c1-12(2)21-18(14-9-7-6-8-10-14)13(3)15(18)16-19-17(4,5)11-20-16/h6-10,12-13,15H,11H2,1-5H3. The Hall–Kier alpha value is -1.35. The molecule has 3 rings (SSSR count). The molecule has 3 heteroatoms. The number of ether oxygens (including phenoxy) is 2. The first-order valence-electron chi connectivity index (χ1n) is 7.83. The Morgan fingerprint density at radius 3 is 2.43 bits per heavy atom. The molecule has 21 heavy (non-hydrogen) atoms. The van der Waals surface area contributed by atoms with Crippen molar-refractivity contribution < 1.29 is 9.47 Å². The van der Waals surface area contributed by atoms with Crippen molar-refractivity contribution >= 4 is 5.90 Å². The summed E-state index contributed by atoms with van der Waals surface area (Å²) in [6.45, 7) is 11.3. The van der Waals surface area contributed by atoms with Gasteiger partial charge in [-0.25, -0.2) is 4.99 Å². The van der Waals surface area contributed by atoms with E-state index < -0.39 is 0 Å². The summed E-state index contributed by atoms with van der Waals surface area (Å²) in [6, 6.07) is 10.5. The van der Waals surface area contributed by atoms with Gasteiger partial charge in [-0.1, -0.05) is 37.3 Å². The molecule has 1 saturated carbocycles. The van der Waals surface area contributed by atoms with E-state index in [0.717, 1.165) is 5.90 Å². The molecule has 0 N–H and O–H groups in total. The molecule has 3 unspecified atom stereocenters. The molecule has 0 bridgehead atoms. The maximum absolute atomic E-state index is 6.38. The summed E-state index contributed by atoms with van der Waals surface area (Å²) in [4.78, 5) is 4.78. The molecule has 1 aromatic rings. The number of rotatable bonds is 4. The number of hydrogen-bond acceptors (Lipinski definition) is 3. The van der Waals surface area contributed by atoms with Gasteiger partial charge < -0.3 is 9.47 Å². The fourth-order valence-electron chi connectivity index (χ4n) is 3.48. The number of hydrogen-bond donors (Lipinski definition) is 0. The Morgan fingerprint density at radius 2 is 1.90 bits per heavy atom. The SMILES string of the molecule is CC(C)OC1(c2ccccc2)C(C)C1C1=NC(C)(C)CO1. The molecule has 0 saturated heterocycles. The first-order valence-corrected chi connectivity index (χ1v) is 7.83. The highest BCUT2D eigenvalue weighted by Gasteiger charge is 2.68. The van der Waals surface area contributed by atoms with Crippen LogP contribution >= 0.6 is 0 Å². The summed E-state index contributed by atoms with van der Waals surface area (Å²) in [5.74, 6) is 1.48. The molecule has 1 aliphatic heterocycles. The van der Waals surface area contributed by atoms with Gasteiger partial charge in [-0.2, -0.15) is 0 Å². The van der Waals surface area contributed by atoms with Gasteiger partial charge in [-0.05, 0) is 33.3 Å². The molecule has 0 aromatic heterocycles. The van der Waals surface area contributed by atoms with Crippen LogP contribution < -0.4 is 0 Å². The van der Waals surface area contributed by atoms with E-state index in [9.17, 15) is 0 Å². The molecule has 0 radical (unpaired) electrons. The molecule has 2 aliphatic rings. The van der Waals surface area contributed by atoms with Crippen LogP contribution in [0.1, 0.15) is 40.2 Å². The van der Waals surface area contributed by atoms with Crippen LogP contribution in [0.15, 0.2) is 35.3 Å². The molecule has 1 aliphatic carbocycles. The van der Waals surface area contributed by atoms with Crippen molar-refractivity contribution in [3.63, 3.8) is 0 Å². The van der Waals surface area contributed by atoms with Gasteiger partial charge in [-0.15, -0.1) is 0 Å². The largest absolute Gasteiger partial charge is 0.478 e. The van der Waals surface area contributed by atoms with Crippen molar-refractivity contribution in [2.45, 2.75) is 51.9 Å². The van der Waals surface area contributed by atoms with Crippen LogP contribution in [-0.2, 0) is 15.1 Å². The number of nitrogens with zero attached hydrogens (tertiary/aromatic N) is 1. The van der Waals surface area contributed by atoms with Crippen molar-refractivity contribution in [2.75, 3.05) is 6.61 Å². The molecule has 3 atom stereocenters. The van der Waals surface area contributed by atoms with Gasteiger partial charge in [0.15, 0.2) is 5.90 Å². The molecule has 1 fully saturated rings. The topological polar surface area (TPSA) is 30.8 Å². The maximum Gasteiger partial charge on any atom is 0.190 e. The average molecular weight is 287 g/mol. The lowest BCUT2D eigenvalue weighted by Crippen LogP contribution is -2.23. The van der Waals surface area contributed by atoms with Crippen LogP contribution in [0.2, 0.25) is 0 Å². The highest BCUT2D eigenvalue weighted by atomic mass is 16.5. The van der Waals surface area contributed by atoms with E-state index in [1.54, 1.807) is 0 Å². The maximum atomic E-state index is 6.38. The Labute approximate surface area is 127 Å². The third-order valence-electron chi connectivity index (χ3n) is 4.44. The summed E-state index contributed by atoms with van der Waals surface area (Å²) in [5, 5.41) is 0. The summed E-state index contributed by atoms with van der Waals surface area (Å²) in [6.07, 6.45) is 0.174. The fourth-order valence-corrected chi connectivity index (χ4v) is 3.48. The molecule has 1 heterocycles. The van der Waals surface area contributed by atoms with Gasteiger partial charge in [0.2, 0.25) is 0 Å². The van der Waals surface area contributed by atoms with Gasteiger partial charge in [0.25, 0.3) is 0 Å². The van der Waals surface area contributed by atoms with Crippen molar-refractivity contribution in [3.8, 4) is 0 Å². The van der Waals surface area contributed by atoms with Crippen molar-refractivity contribution in [2.24, 2.45) is 16.8 Å². The van der Waals surface area contributed by atoms with Gasteiger partial charge in [-0.3, -0.25) is 0 Å². The Kier molecular flexibility index (Phi) is 3.36. The Morgan fingerprint density at radius 1 is 1.24 bits per heavy atom. The van der Waals surface area contributed by atoms with E-state index in [-0.39, 0.29) is 23.2 Å². The predicted molar refractivity (Wildman–Crippen MR) is 84.5 cm³/mol. The van der Waals surface area contributed by atoms with Crippen molar-refractivity contribution in [1.82, 2.24) is 0 Å². The fraction of sp³-hybridized carbons (Fsp3) is 0.611. The third kappa shape index (κ3) is 2.38. The monoisotopic (exact) mass is 287 g/mol. The minimum Gasteiger partial charge on any atom is -0.478 e. The van der Waals surface area contributed by atoms with Gasteiger partial charge in [0, 0.05) is 5.92 Å². The zero-order chi connectivity index (χ0) is 15.3. The lowest BCUT2D eigenvalue weighted by atomic mass is 10.0. The molecule has 0 spiro atoms. The molecular formula is C18H25NO2. The van der Waals surface area contributed by atoms with Crippen LogP contribution in [0.4, 0.5) is 0 Å². The van der Waals surface area contributed by atoms with Crippen LogP contribution in [-0.4, -0.2) is 24.1 Å². The minimum atomic E-state index is -0.283. The summed E-state index contributed by atoms with van der Waals surface area (Å²) >= 11 is 0.